The topological polar surface area (TPSA) is 35.5 Å². The molecule has 0 bridgehead atoms. The van der Waals surface area contributed by atoms with Crippen LogP contribution in [0.1, 0.15) is 12.5 Å². The maximum atomic E-state index is 11.6. The van der Waals surface area contributed by atoms with E-state index >= 15 is 0 Å². The molecule has 0 aliphatic carbocycles. The third-order valence-corrected chi connectivity index (χ3v) is 2.85. The van der Waals surface area contributed by atoms with Gasteiger partial charge < -0.3 is 9.47 Å². The molecule has 0 radical (unpaired) electrons. The van der Waals surface area contributed by atoms with E-state index in [1.165, 1.54) is 14.2 Å². The van der Waals surface area contributed by atoms with Crippen molar-refractivity contribution in [3.8, 4) is 0 Å². The quantitative estimate of drug-likeness (QED) is 0.794. The highest BCUT2D eigenvalue weighted by Crippen LogP contribution is 2.28. The highest BCUT2D eigenvalue weighted by molar-refractivity contribution is 9.10. The number of carbonyl (C=O) groups excluding carboxylic acids is 1. The lowest BCUT2D eigenvalue weighted by Gasteiger charge is -2.25. The minimum atomic E-state index is -1.06. The van der Waals surface area contributed by atoms with Crippen LogP contribution in [-0.4, -0.2) is 20.2 Å². The number of hydrogen-bond acceptors (Lipinski definition) is 3. The summed E-state index contributed by atoms with van der Waals surface area (Å²) in [7, 11) is 2.83. The Kier molecular flexibility index (Phi) is 3.88. The summed E-state index contributed by atoms with van der Waals surface area (Å²) in [4.78, 5) is 11.6. The Morgan fingerprint density at radius 1 is 1.40 bits per heavy atom. The van der Waals surface area contributed by atoms with E-state index in [1.54, 1.807) is 6.92 Å². The van der Waals surface area contributed by atoms with Crippen LogP contribution in [0.3, 0.4) is 0 Å². The molecular weight excluding hydrogens is 260 g/mol. The number of halogens is 1. The molecule has 1 unspecified atom stereocenters. The van der Waals surface area contributed by atoms with Crippen molar-refractivity contribution in [1.82, 2.24) is 0 Å². The zero-order valence-electron chi connectivity index (χ0n) is 8.91. The van der Waals surface area contributed by atoms with Crippen molar-refractivity contribution in [2.24, 2.45) is 0 Å². The number of hydrogen-bond donors (Lipinski definition) is 0. The molecule has 0 saturated carbocycles. The van der Waals surface area contributed by atoms with Crippen LogP contribution in [-0.2, 0) is 19.9 Å². The van der Waals surface area contributed by atoms with E-state index in [4.69, 9.17) is 9.47 Å². The third kappa shape index (κ3) is 2.38. The number of methoxy groups -OCH3 is 2. The summed E-state index contributed by atoms with van der Waals surface area (Å²) in [5.74, 6) is -0.414. The molecule has 0 N–H and O–H groups in total. The van der Waals surface area contributed by atoms with E-state index in [1.807, 2.05) is 24.3 Å². The molecule has 0 fully saturated rings. The van der Waals surface area contributed by atoms with Crippen LogP contribution in [0.5, 0.6) is 0 Å². The Morgan fingerprint density at radius 2 is 2.07 bits per heavy atom. The summed E-state index contributed by atoms with van der Waals surface area (Å²) in [6, 6.07) is 7.39. The number of ether oxygens (including phenoxy) is 2. The Bertz CT molecular complexity index is 365. The molecular formula is C11H13BrO3. The molecule has 0 aliphatic heterocycles. The second-order valence-electron chi connectivity index (χ2n) is 3.24. The van der Waals surface area contributed by atoms with E-state index < -0.39 is 11.6 Å². The van der Waals surface area contributed by atoms with Crippen LogP contribution in [0.25, 0.3) is 0 Å². The molecule has 0 amide bonds. The van der Waals surface area contributed by atoms with Crippen LogP contribution in [0.4, 0.5) is 0 Å². The molecule has 3 nitrogen and oxygen atoms in total. The standard InChI is InChI=1S/C11H13BrO3/c1-11(15-3,10(13)14-2)8-5-4-6-9(12)7-8/h4-7H,1-3H3. The SMILES string of the molecule is COC(=O)C(C)(OC)c1cccc(Br)c1. The van der Waals surface area contributed by atoms with Gasteiger partial charge in [-0.3, -0.25) is 0 Å². The number of rotatable bonds is 3. The smallest absolute Gasteiger partial charge is 0.342 e. The first-order valence-electron chi connectivity index (χ1n) is 4.44. The van der Waals surface area contributed by atoms with Gasteiger partial charge in [0.1, 0.15) is 0 Å². The molecule has 1 aromatic rings. The van der Waals surface area contributed by atoms with Crippen molar-refractivity contribution in [3.63, 3.8) is 0 Å². The van der Waals surface area contributed by atoms with E-state index in [0.717, 1.165) is 10.0 Å². The highest BCUT2D eigenvalue weighted by atomic mass is 79.9. The van der Waals surface area contributed by atoms with Gasteiger partial charge in [-0.05, 0) is 24.6 Å². The van der Waals surface area contributed by atoms with Gasteiger partial charge in [-0.1, -0.05) is 28.1 Å². The first kappa shape index (κ1) is 12.2. The van der Waals surface area contributed by atoms with Gasteiger partial charge in [-0.2, -0.15) is 0 Å². The number of carbonyl (C=O) groups is 1. The second-order valence-corrected chi connectivity index (χ2v) is 4.15. The summed E-state index contributed by atoms with van der Waals surface area (Å²) in [6.07, 6.45) is 0. The summed E-state index contributed by atoms with van der Waals surface area (Å²) < 4.78 is 10.9. The van der Waals surface area contributed by atoms with Gasteiger partial charge in [0.05, 0.1) is 7.11 Å². The van der Waals surface area contributed by atoms with Crippen molar-refractivity contribution in [2.75, 3.05) is 14.2 Å². The van der Waals surface area contributed by atoms with Crippen LogP contribution in [0.2, 0.25) is 0 Å². The van der Waals surface area contributed by atoms with Gasteiger partial charge in [0.15, 0.2) is 5.60 Å². The maximum Gasteiger partial charge on any atom is 0.342 e. The highest BCUT2D eigenvalue weighted by Gasteiger charge is 2.36. The van der Waals surface area contributed by atoms with Gasteiger partial charge in [0.2, 0.25) is 0 Å². The molecule has 0 aliphatic rings. The maximum absolute atomic E-state index is 11.6. The minimum absolute atomic E-state index is 0.414. The number of esters is 1. The molecule has 0 saturated heterocycles. The van der Waals surface area contributed by atoms with E-state index in [9.17, 15) is 4.79 Å². The first-order chi connectivity index (χ1) is 7.04. The van der Waals surface area contributed by atoms with Crippen molar-refractivity contribution in [2.45, 2.75) is 12.5 Å². The fraction of sp³-hybridized carbons (Fsp3) is 0.364. The fourth-order valence-electron chi connectivity index (χ4n) is 1.30. The summed E-state index contributed by atoms with van der Waals surface area (Å²) in [6.45, 7) is 1.68. The van der Waals surface area contributed by atoms with Crippen LogP contribution >= 0.6 is 15.9 Å². The average molecular weight is 273 g/mol. The predicted molar refractivity (Wildman–Crippen MR) is 60.5 cm³/mol. The summed E-state index contributed by atoms with van der Waals surface area (Å²) >= 11 is 3.35. The van der Waals surface area contributed by atoms with Crippen LogP contribution in [0, 0.1) is 0 Å². The molecule has 1 atom stereocenters. The molecule has 0 spiro atoms. The lowest BCUT2D eigenvalue weighted by molar-refractivity contribution is -0.165. The van der Waals surface area contributed by atoms with Gasteiger partial charge in [-0.15, -0.1) is 0 Å². The number of benzene rings is 1. The lowest BCUT2D eigenvalue weighted by atomic mass is 9.96. The molecule has 15 heavy (non-hydrogen) atoms. The summed E-state index contributed by atoms with van der Waals surface area (Å²) in [5, 5.41) is 0. The zero-order chi connectivity index (χ0) is 11.5. The monoisotopic (exact) mass is 272 g/mol. The lowest BCUT2D eigenvalue weighted by Crippen LogP contribution is -2.35. The normalized spacial score (nSPS) is 14.4. The Hall–Kier alpha value is -0.870. The summed E-state index contributed by atoms with van der Waals surface area (Å²) in [5.41, 5.74) is -0.301. The van der Waals surface area contributed by atoms with Crippen LogP contribution < -0.4 is 0 Å². The van der Waals surface area contributed by atoms with Crippen molar-refractivity contribution in [1.29, 1.82) is 0 Å². The third-order valence-electron chi connectivity index (χ3n) is 2.36. The Balaban J connectivity index is 3.16. The largest absolute Gasteiger partial charge is 0.467 e. The molecule has 1 aromatic carbocycles. The average Bonchev–Trinajstić information content (AvgIpc) is 2.26. The minimum Gasteiger partial charge on any atom is -0.467 e. The van der Waals surface area contributed by atoms with Crippen molar-refractivity contribution in [3.05, 3.63) is 34.3 Å². The van der Waals surface area contributed by atoms with Gasteiger partial charge in [0, 0.05) is 11.6 Å². The van der Waals surface area contributed by atoms with Gasteiger partial charge in [-0.25, -0.2) is 4.79 Å². The molecule has 4 heteroatoms. The van der Waals surface area contributed by atoms with Crippen molar-refractivity contribution >= 4 is 21.9 Å². The second kappa shape index (κ2) is 4.77. The molecule has 82 valence electrons. The van der Waals surface area contributed by atoms with E-state index in [0.29, 0.717) is 0 Å². The van der Waals surface area contributed by atoms with E-state index in [2.05, 4.69) is 15.9 Å². The van der Waals surface area contributed by atoms with Gasteiger partial charge in [0.25, 0.3) is 0 Å². The zero-order valence-corrected chi connectivity index (χ0v) is 10.5. The van der Waals surface area contributed by atoms with Gasteiger partial charge >= 0.3 is 5.97 Å². The van der Waals surface area contributed by atoms with Crippen LogP contribution in [0.15, 0.2) is 28.7 Å². The van der Waals surface area contributed by atoms with E-state index in [-0.39, 0.29) is 0 Å². The Morgan fingerprint density at radius 3 is 2.53 bits per heavy atom. The molecule has 0 aromatic heterocycles. The molecule has 0 heterocycles. The van der Waals surface area contributed by atoms with Crippen molar-refractivity contribution < 1.29 is 14.3 Å². The fourth-order valence-corrected chi connectivity index (χ4v) is 1.70. The first-order valence-corrected chi connectivity index (χ1v) is 5.23. The Labute approximate surface area is 97.5 Å². The molecule has 1 rings (SSSR count). The predicted octanol–water partition coefficient (Wildman–Crippen LogP) is 2.48.